The first kappa shape index (κ1) is 29.5. The summed E-state index contributed by atoms with van der Waals surface area (Å²) < 4.78 is 13.3. The van der Waals surface area contributed by atoms with Crippen molar-refractivity contribution >= 4 is 35.0 Å². The molecule has 4 aromatic rings. The molecule has 0 bridgehead atoms. The van der Waals surface area contributed by atoms with Crippen molar-refractivity contribution < 1.29 is 24.2 Å². The number of carboxylic acid groups (broad SMARTS) is 1. The second-order valence-electron chi connectivity index (χ2n) is 10.1. The standard InChI is InChI=1S/C33H31N3O6S/c1-5-41-32(40)28-20(2)34-33-36(29(28)23-12-14-25(15-13-23)35(3)4)30(37)27(43-33)18-21-8-16-26(17-9-21)42-19-22-6-10-24(11-7-22)31(38)39/h6-18,29H,5,19H2,1-4H3,(H,38,39)/b27-18-. The second kappa shape index (κ2) is 12.5. The van der Waals surface area contributed by atoms with Crippen LogP contribution < -0.4 is 24.5 Å². The minimum atomic E-state index is -0.973. The Balaban J connectivity index is 1.45. The number of thiazole rings is 1. The van der Waals surface area contributed by atoms with Gasteiger partial charge in [0.15, 0.2) is 4.80 Å². The summed E-state index contributed by atoms with van der Waals surface area (Å²) in [5.74, 6) is -0.829. The summed E-state index contributed by atoms with van der Waals surface area (Å²) in [6.45, 7) is 4.01. The molecule has 10 heteroatoms. The highest BCUT2D eigenvalue weighted by molar-refractivity contribution is 7.07. The lowest BCUT2D eigenvalue weighted by molar-refractivity contribution is -0.139. The molecule has 0 radical (unpaired) electrons. The SMILES string of the molecule is CCOC(=O)C1=C(C)N=c2s/c(=C\c3ccc(OCc4ccc(C(=O)O)cc4)cc3)c(=O)n2C1c1ccc(N(C)C)cc1. The number of hydrogen-bond acceptors (Lipinski definition) is 8. The Bertz CT molecular complexity index is 1870. The normalized spacial score (nSPS) is 14.6. The topological polar surface area (TPSA) is 110 Å². The van der Waals surface area contributed by atoms with Gasteiger partial charge >= 0.3 is 11.9 Å². The van der Waals surface area contributed by atoms with Gasteiger partial charge in [0, 0.05) is 19.8 Å². The molecule has 1 N–H and O–H groups in total. The molecule has 1 atom stereocenters. The molecule has 0 saturated heterocycles. The minimum Gasteiger partial charge on any atom is -0.489 e. The van der Waals surface area contributed by atoms with E-state index in [1.54, 1.807) is 48.8 Å². The van der Waals surface area contributed by atoms with Crippen LogP contribution in [0, 0.1) is 0 Å². The van der Waals surface area contributed by atoms with E-state index in [2.05, 4.69) is 4.99 Å². The summed E-state index contributed by atoms with van der Waals surface area (Å²) in [7, 11) is 3.90. The number of esters is 1. The van der Waals surface area contributed by atoms with Gasteiger partial charge in [0.1, 0.15) is 12.4 Å². The van der Waals surface area contributed by atoms with E-state index in [1.807, 2.05) is 67.5 Å². The van der Waals surface area contributed by atoms with Crippen molar-refractivity contribution in [3.8, 4) is 5.75 Å². The van der Waals surface area contributed by atoms with Crippen molar-refractivity contribution in [1.82, 2.24) is 4.57 Å². The molecule has 0 saturated carbocycles. The maximum atomic E-state index is 13.8. The Kier molecular flexibility index (Phi) is 8.58. The molecule has 43 heavy (non-hydrogen) atoms. The van der Waals surface area contributed by atoms with Gasteiger partial charge in [-0.25, -0.2) is 14.6 Å². The molecule has 0 amide bonds. The molecule has 0 spiro atoms. The number of ether oxygens (including phenoxy) is 2. The molecule has 1 aromatic heterocycles. The predicted octanol–water partition coefficient (Wildman–Crippen LogP) is 4.14. The number of carbonyl (C=O) groups is 2. The maximum absolute atomic E-state index is 13.8. The van der Waals surface area contributed by atoms with Crippen LogP contribution in [-0.2, 0) is 16.1 Å². The highest BCUT2D eigenvalue weighted by Gasteiger charge is 2.33. The fourth-order valence-electron chi connectivity index (χ4n) is 4.78. The number of hydrogen-bond donors (Lipinski definition) is 1. The Morgan fingerprint density at radius 3 is 2.30 bits per heavy atom. The average Bonchev–Trinajstić information content (AvgIpc) is 3.30. The van der Waals surface area contributed by atoms with E-state index in [1.165, 1.54) is 11.3 Å². The number of rotatable bonds is 9. The highest BCUT2D eigenvalue weighted by Crippen LogP contribution is 2.31. The third-order valence-corrected chi connectivity index (χ3v) is 8.01. The van der Waals surface area contributed by atoms with Crippen LogP contribution in [0.25, 0.3) is 6.08 Å². The summed E-state index contributed by atoms with van der Waals surface area (Å²) in [6, 6.07) is 20.9. The van der Waals surface area contributed by atoms with E-state index in [-0.39, 0.29) is 24.3 Å². The van der Waals surface area contributed by atoms with E-state index < -0.39 is 18.0 Å². The first-order chi connectivity index (χ1) is 20.7. The van der Waals surface area contributed by atoms with Gasteiger partial charge in [0.25, 0.3) is 5.56 Å². The summed E-state index contributed by atoms with van der Waals surface area (Å²) in [6.07, 6.45) is 1.80. The monoisotopic (exact) mass is 597 g/mol. The van der Waals surface area contributed by atoms with Crippen LogP contribution in [0.5, 0.6) is 5.75 Å². The molecule has 1 aliphatic rings. The van der Waals surface area contributed by atoms with Crippen molar-refractivity contribution in [3.63, 3.8) is 0 Å². The number of anilines is 1. The van der Waals surface area contributed by atoms with Crippen molar-refractivity contribution in [2.75, 3.05) is 25.6 Å². The average molecular weight is 598 g/mol. The zero-order valence-corrected chi connectivity index (χ0v) is 25.1. The smallest absolute Gasteiger partial charge is 0.338 e. The van der Waals surface area contributed by atoms with Gasteiger partial charge in [-0.15, -0.1) is 0 Å². The molecule has 5 rings (SSSR count). The van der Waals surface area contributed by atoms with Gasteiger partial charge in [-0.2, -0.15) is 0 Å². The molecule has 0 fully saturated rings. The Morgan fingerprint density at radius 2 is 1.70 bits per heavy atom. The fraction of sp³-hybridized carbons (Fsp3) is 0.212. The Morgan fingerprint density at radius 1 is 1.02 bits per heavy atom. The molecule has 1 aliphatic heterocycles. The number of aromatic carboxylic acids is 1. The molecule has 9 nitrogen and oxygen atoms in total. The Hall–Kier alpha value is -4.96. The van der Waals surface area contributed by atoms with Gasteiger partial charge in [0.2, 0.25) is 0 Å². The molecule has 3 aromatic carbocycles. The van der Waals surface area contributed by atoms with Gasteiger partial charge < -0.3 is 19.5 Å². The predicted molar refractivity (Wildman–Crippen MR) is 165 cm³/mol. The third kappa shape index (κ3) is 6.29. The van der Waals surface area contributed by atoms with Crippen LogP contribution in [0.15, 0.2) is 93.9 Å². The van der Waals surface area contributed by atoms with Crippen LogP contribution in [-0.4, -0.2) is 42.3 Å². The molecular weight excluding hydrogens is 566 g/mol. The van der Waals surface area contributed by atoms with E-state index in [4.69, 9.17) is 14.6 Å². The summed E-state index contributed by atoms with van der Waals surface area (Å²) >= 11 is 1.27. The summed E-state index contributed by atoms with van der Waals surface area (Å²) in [5.41, 5.74) is 4.27. The summed E-state index contributed by atoms with van der Waals surface area (Å²) in [5, 5.41) is 9.05. The van der Waals surface area contributed by atoms with Crippen molar-refractivity contribution in [3.05, 3.63) is 126 Å². The van der Waals surface area contributed by atoms with Crippen LogP contribution in [0.4, 0.5) is 5.69 Å². The quantitative estimate of drug-likeness (QED) is 0.289. The number of carboxylic acids is 1. The van der Waals surface area contributed by atoms with Crippen LogP contribution in [0.3, 0.4) is 0 Å². The number of benzene rings is 3. The first-order valence-electron chi connectivity index (χ1n) is 13.7. The lowest BCUT2D eigenvalue weighted by Gasteiger charge is -2.25. The number of aromatic nitrogens is 1. The van der Waals surface area contributed by atoms with Crippen LogP contribution in [0.1, 0.15) is 46.9 Å². The maximum Gasteiger partial charge on any atom is 0.338 e. The van der Waals surface area contributed by atoms with E-state index in [0.717, 1.165) is 22.4 Å². The van der Waals surface area contributed by atoms with Gasteiger partial charge in [-0.05, 0) is 73.0 Å². The number of allylic oxidation sites excluding steroid dienone is 1. The minimum absolute atomic E-state index is 0.211. The molecule has 1 unspecified atom stereocenters. The van der Waals surface area contributed by atoms with Crippen LogP contribution in [0.2, 0.25) is 0 Å². The number of nitrogens with zero attached hydrogens (tertiary/aromatic N) is 3. The molecular formula is C33H31N3O6S. The lowest BCUT2D eigenvalue weighted by Crippen LogP contribution is -2.39. The zero-order valence-electron chi connectivity index (χ0n) is 24.2. The molecule has 0 aliphatic carbocycles. The Labute approximate surface area is 252 Å². The van der Waals surface area contributed by atoms with Gasteiger partial charge in [-0.3, -0.25) is 9.36 Å². The molecule has 2 heterocycles. The van der Waals surface area contributed by atoms with E-state index >= 15 is 0 Å². The second-order valence-corrected chi connectivity index (χ2v) is 11.2. The van der Waals surface area contributed by atoms with Crippen molar-refractivity contribution in [2.24, 2.45) is 4.99 Å². The fourth-order valence-corrected chi connectivity index (χ4v) is 5.83. The summed E-state index contributed by atoms with van der Waals surface area (Å²) in [4.78, 5) is 45.1. The third-order valence-electron chi connectivity index (χ3n) is 7.03. The lowest BCUT2D eigenvalue weighted by atomic mass is 9.95. The van der Waals surface area contributed by atoms with Crippen molar-refractivity contribution in [2.45, 2.75) is 26.5 Å². The van der Waals surface area contributed by atoms with Crippen molar-refractivity contribution in [1.29, 1.82) is 0 Å². The van der Waals surface area contributed by atoms with Gasteiger partial charge in [-0.1, -0.05) is 47.7 Å². The zero-order chi connectivity index (χ0) is 30.7. The largest absolute Gasteiger partial charge is 0.489 e. The highest BCUT2D eigenvalue weighted by atomic mass is 32.1. The number of carbonyl (C=O) groups excluding carboxylic acids is 1. The van der Waals surface area contributed by atoms with E-state index in [9.17, 15) is 14.4 Å². The van der Waals surface area contributed by atoms with Gasteiger partial charge in [0.05, 0.1) is 34.0 Å². The van der Waals surface area contributed by atoms with E-state index in [0.29, 0.717) is 26.4 Å². The number of fused-ring (bicyclic) bond motifs is 1. The first-order valence-corrected chi connectivity index (χ1v) is 14.5. The van der Waals surface area contributed by atoms with Crippen LogP contribution >= 0.6 is 11.3 Å². The molecule has 220 valence electrons.